The molecule has 0 bridgehead atoms. The minimum absolute atomic E-state index is 0.0510. The molecule has 0 atom stereocenters. The van der Waals surface area contributed by atoms with Crippen LogP contribution in [-0.4, -0.2) is 21.8 Å². The zero-order chi connectivity index (χ0) is 30.8. The van der Waals surface area contributed by atoms with E-state index in [1.807, 2.05) is 6.20 Å². The summed E-state index contributed by atoms with van der Waals surface area (Å²) in [6.07, 6.45) is 8.99. The highest BCUT2D eigenvalue weighted by Gasteiger charge is 2.35. The maximum absolute atomic E-state index is 4.87. The van der Waals surface area contributed by atoms with Crippen LogP contribution in [0.4, 0.5) is 11.4 Å². The predicted octanol–water partition coefficient (Wildman–Crippen LogP) is 10.3. The van der Waals surface area contributed by atoms with E-state index in [1.54, 1.807) is 0 Å². The van der Waals surface area contributed by atoms with Crippen molar-refractivity contribution in [2.75, 3.05) is 16.5 Å². The third-order valence-electron chi connectivity index (χ3n) is 9.77. The van der Waals surface area contributed by atoms with Gasteiger partial charge in [-0.1, -0.05) is 76.2 Å². The SMILES string of the molecule is CC(C)c1ccnc(-n2c3ccccc3c3ccc(C(C)(C)C4=CCCC(N5CN(C(C)(C)C)c6ccccc65)=C4)cc32)c1. The molecule has 4 heteroatoms. The van der Waals surface area contributed by atoms with Gasteiger partial charge in [0.25, 0.3) is 0 Å². The fourth-order valence-corrected chi connectivity index (χ4v) is 7.06. The van der Waals surface area contributed by atoms with E-state index in [0.29, 0.717) is 5.92 Å². The Bertz CT molecular complexity index is 1950. The quantitative estimate of drug-likeness (QED) is 0.207. The topological polar surface area (TPSA) is 24.3 Å². The van der Waals surface area contributed by atoms with Crippen molar-refractivity contribution >= 4 is 33.2 Å². The lowest BCUT2D eigenvalue weighted by atomic mass is 9.75. The van der Waals surface area contributed by atoms with Gasteiger partial charge < -0.3 is 9.80 Å². The second-order valence-electron chi connectivity index (χ2n) is 14.3. The highest BCUT2D eigenvalue weighted by Crippen LogP contribution is 2.45. The number of para-hydroxylation sites is 3. The van der Waals surface area contributed by atoms with Crippen molar-refractivity contribution in [2.24, 2.45) is 0 Å². The zero-order valence-corrected chi connectivity index (χ0v) is 27.2. The van der Waals surface area contributed by atoms with Crippen LogP contribution < -0.4 is 9.80 Å². The number of aromatic nitrogens is 2. The molecule has 44 heavy (non-hydrogen) atoms. The van der Waals surface area contributed by atoms with Gasteiger partial charge in [0.2, 0.25) is 0 Å². The van der Waals surface area contributed by atoms with Crippen LogP contribution in [0, 0.1) is 0 Å². The second kappa shape index (κ2) is 10.4. The Hall–Kier alpha value is -4.31. The molecule has 3 heterocycles. The van der Waals surface area contributed by atoms with E-state index in [1.165, 1.54) is 55.6 Å². The monoisotopic (exact) mass is 580 g/mol. The predicted molar refractivity (Wildman–Crippen MR) is 187 cm³/mol. The molecule has 2 aliphatic rings. The Balaban J connectivity index is 1.31. The molecule has 0 fully saturated rings. The van der Waals surface area contributed by atoms with Gasteiger partial charge in [-0.3, -0.25) is 4.57 Å². The van der Waals surface area contributed by atoms with Gasteiger partial charge in [-0.05, 0) is 98.7 Å². The van der Waals surface area contributed by atoms with Gasteiger partial charge in [-0.15, -0.1) is 0 Å². The first-order chi connectivity index (χ1) is 21.0. The largest absolute Gasteiger partial charge is 0.347 e. The van der Waals surface area contributed by atoms with Crippen LogP contribution in [-0.2, 0) is 5.41 Å². The van der Waals surface area contributed by atoms with Gasteiger partial charge in [0.05, 0.1) is 29.1 Å². The van der Waals surface area contributed by atoms with Crippen molar-refractivity contribution in [3.63, 3.8) is 0 Å². The van der Waals surface area contributed by atoms with Gasteiger partial charge >= 0.3 is 0 Å². The van der Waals surface area contributed by atoms with Crippen molar-refractivity contribution in [1.29, 1.82) is 0 Å². The minimum atomic E-state index is -0.169. The number of rotatable bonds is 5. The van der Waals surface area contributed by atoms with E-state index in [4.69, 9.17) is 4.98 Å². The molecule has 0 spiro atoms. The Labute approximate surface area is 262 Å². The van der Waals surface area contributed by atoms with E-state index >= 15 is 0 Å². The molecule has 0 saturated carbocycles. The van der Waals surface area contributed by atoms with Crippen LogP contribution in [0.1, 0.15) is 78.4 Å². The van der Waals surface area contributed by atoms with E-state index in [2.05, 4.69) is 154 Å². The summed E-state index contributed by atoms with van der Waals surface area (Å²) in [5.74, 6) is 1.42. The number of pyridine rings is 1. The highest BCUT2D eigenvalue weighted by atomic mass is 15.4. The Morgan fingerprint density at radius 2 is 1.50 bits per heavy atom. The molecule has 0 unspecified atom stereocenters. The lowest BCUT2D eigenvalue weighted by molar-refractivity contribution is 0.514. The number of nitrogens with zero attached hydrogens (tertiary/aromatic N) is 4. The van der Waals surface area contributed by atoms with Crippen LogP contribution in [0.2, 0.25) is 0 Å². The molecule has 1 aliphatic heterocycles. The molecule has 2 aromatic heterocycles. The van der Waals surface area contributed by atoms with Crippen molar-refractivity contribution in [2.45, 2.75) is 78.2 Å². The van der Waals surface area contributed by atoms with Crippen LogP contribution >= 0.6 is 0 Å². The number of anilines is 2. The maximum Gasteiger partial charge on any atom is 0.137 e. The standard InChI is InChI=1S/C40H44N4/c1-27(2)28-21-22-41-38(23-28)44-34-16-9-8-15-32(34)33-20-19-30(25-37(33)44)40(6,7)29-13-12-14-31(24-29)42-26-43(39(3,4)5)36-18-11-10-17-35(36)42/h8-11,13,15-25,27H,12,14,26H2,1-7H3. The fourth-order valence-electron chi connectivity index (χ4n) is 7.06. The summed E-state index contributed by atoms with van der Waals surface area (Å²) >= 11 is 0. The van der Waals surface area contributed by atoms with Gasteiger partial charge in [0, 0.05) is 33.6 Å². The minimum Gasteiger partial charge on any atom is -0.347 e. The lowest BCUT2D eigenvalue weighted by Crippen LogP contribution is -2.43. The Morgan fingerprint density at radius 3 is 2.27 bits per heavy atom. The summed E-state index contributed by atoms with van der Waals surface area (Å²) in [6.45, 7) is 17.0. The molecule has 3 aromatic carbocycles. The molecule has 0 radical (unpaired) electrons. The zero-order valence-electron chi connectivity index (χ0n) is 27.2. The normalized spacial score (nSPS) is 15.7. The number of hydrogen-bond acceptors (Lipinski definition) is 3. The van der Waals surface area contributed by atoms with Crippen LogP contribution in [0.5, 0.6) is 0 Å². The maximum atomic E-state index is 4.87. The van der Waals surface area contributed by atoms with Gasteiger partial charge in [-0.2, -0.15) is 0 Å². The van der Waals surface area contributed by atoms with Crippen molar-refractivity contribution in [1.82, 2.24) is 9.55 Å². The van der Waals surface area contributed by atoms with Crippen LogP contribution in [0.25, 0.3) is 27.6 Å². The van der Waals surface area contributed by atoms with E-state index in [0.717, 1.165) is 25.3 Å². The van der Waals surface area contributed by atoms with Crippen LogP contribution in [0.15, 0.2) is 108 Å². The molecular formula is C40H44N4. The third-order valence-corrected chi connectivity index (χ3v) is 9.77. The summed E-state index contributed by atoms with van der Waals surface area (Å²) in [7, 11) is 0. The molecular weight excluding hydrogens is 536 g/mol. The Morgan fingerprint density at radius 1 is 0.773 bits per heavy atom. The molecule has 4 nitrogen and oxygen atoms in total. The summed E-state index contributed by atoms with van der Waals surface area (Å²) in [5.41, 5.74) is 10.3. The summed E-state index contributed by atoms with van der Waals surface area (Å²) in [4.78, 5) is 9.94. The van der Waals surface area contributed by atoms with E-state index in [-0.39, 0.29) is 11.0 Å². The molecule has 224 valence electrons. The highest BCUT2D eigenvalue weighted by molar-refractivity contribution is 6.09. The summed E-state index contributed by atoms with van der Waals surface area (Å²) in [6, 6.07) is 29.1. The van der Waals surface area contributed by atoms with Crippen molar-refractivity contribution in [3.05, 3.63) is 120 Å². The average Bonchev–Trinajstić information content (AvgIpc) is 3.58. The van der Waals surface area contributed by atoms with E-state index in [9.17, 15) is 0 Å². The fraction of sp³-hybridized carbons (Fsp3) is 0.325. The third kappa shape index (κ3) is 4.63. The molecule has 0 amide bonds. The molecule has 5 aromatic rings. The molecule has 0 N–H and O–H groups in total. The summed E-state index contributed by atoms with van der Waals surface area (Å²) < 4.78 is 2.36. The summed E-state index contributed by atoms with van der Waals surface area (Å²) in [5, 5.41) is 2.53. The van der Waals surface area contributed by atoms with E-state index < -0.39 is 0 Å². The van der Waals surface area contributed by atoms with Crippen molar-refractivity contribution < 1.29 is 0 Å². The number of allylic oxidation sites excluding steroid dienone is 4. The number of hydrogen-bond donors (Lipinski definition) is 0. The molecule has 1 aliphatic carbocycles. The van der Waals surface area contributed by atoms with Crippen molar-refractivity contribution in [3.8, 4) is 5.82 Å². The number of fused-ring (bicyclic) bond motifs is 4. The first-order valence-electron chi connectivity index (χ1n) is 16.1. The Kier molecular flexibility index (Phi) is 6.73. The lowest BCUT2D eigenvalue weighted by Gasteiger charge is -2.36. The van der Waals surface area contributed by atoms with Gasteiger partial charge in [0.1, 0.15) is 5.82 Å². The average molecular weight is 581 g/mol. The first kappa shape index (κ1) is 28.5. The van der Waals surface area contributed by atoms with Gasteiger partial charge in [0.15, 0.2) is 0 Å². The van der Waals surface area contributed by atoms with Crippen LogP contribution in [0.3, 0.4) is 0 Å². The molecule has 7 rings (SSSR count). The molecule has 0 saturated heterocycles. The second-order valence-corrected chi connectivity index (χ2v) is 14.3. The van der Waals surface area contributed by atoms with Gasteiger partial charge in [-0.25, -0.2) is 4.98 Å². The smallest absolute Gasteiger partial charge is 0.137 e. The number of benzene rings is 3. The first-order valence-corrected chi connectivity index (χ1v) is 16.1.